The van der Waals surface area contributed by atoms with Crippen molar-refractivity contribution < 1.29 is 9.72 Å². The van der Waals surface area contributed by atoms with Crippen molar-refractivity contribution in [1.29, 1.82) is 0 Å². The van der Waals surface area contributed by atoms with Gasteiger partial charge in [0.05, 0.1) is 4.92 Å². The summed E-state index contributed by atoms with van der Waals surface area (Å²) in [6.07, 6.45) is 0. The van der Waals surface area contributed by atoms with Gasteiger partial charge in [0.15, 0.2) is 0 Å². The van der Waals surface area contributed by atoms with Gasteiger partial charge >= 0.3 is 0 Å². The summed E-state index contributed by atoms with van der Waals surface area (Å²) < 4.78 is 0. The van der Waals surface area contributed by atoms with Crippen LogP contribution in [0.1, 0.15) is 15.9 Å². The molecule has 3 aromatic carbocycles. The van der Waals surface area contributed by atoms with Crippen molar-refractivity contribution in [3.8, 4) is 0 Å². The zero-order valence-electron chi connectivity index (χ0n) is 17.1. The van der Waals surface area contributed by atoms with Gasteiger partial charge in [-0.3, -0.25) is 14.9 Å². The van der Waals surface area contributed by atoms with Crippen LogP contribution < -0.4 is 10.2 Å². The van der Waals surface area contributed by atoms with E-state index < -0.39 is 0 Å². The molecule has 3 aromatic rings. The van der Waals surface area contributed by atoms with Crippen LogP contribution in [0, 0.1) is 10.1 Å². The SMILES string of the molecule is O=C(c1ccccc1)N1CCN(c2cc(NCc3ccccc3)ccc2[N+](=O)[O-])CC1. The first kappa shape index (κ1) is 20.4. The van der Waals surface area contributed by atoms with Crippen LogP contribution in [0.15, 0.2) is 78.9 Å². The van der Waals surface area contributed by atoms with Gasteiger partial charge in [-0.05, 0) is 29.8 Å². The Labute approximate surface area is 181 Å². The predicted octanol–water partition coefficient (Wildman–Crippen LogP) is 4.17. The first-order chi connectivity index (χ1) is 15.1. The highest BCUT2D eigenvalue weighted by molar-refractivity contribution is 5.94. The fourth-order valence-electron chi connectivity index (χ4n) is 3.75. The molecule has 1 saturated heterocycles. The molecule has 1 fully saturated rings. The average molecular weight is 416 g/mol. The fraction of sp³-hybridized carbons (Fsp3) is 0.208. The van der Waals surface area contributed by atoms with E-state index in [2.05, 4.69) is 5.32 Å². The van der Waals surface area contributed by atoms with E-state index in [1.165, 1.54) is 0 Å². The molecule has 1 N–H and O–H groups in total. The highest BCUT2D eigenvalue weighted by Crippen LogP contribution is 2.32. The molecule has 0 bridgehead atoms. The topological polar surface area (TPSA) is 78.7 Å². The van der Waals surface area contributed by atoms with E-state index in [-0.39, 0.29) is 16.5 Å². The third-order valence-corrected chi connectivity index (χ3v) is 5.44. The number of carbonyl (C=O) groups excluding carboxylic acids is 1. The summed E-state index contributed by atoms with van der Waals surface area (Å²) in [7, 11) is 0. The van der Waals surface area contributed by atoms with Gasteiger partial charge < -0.3 is 15.1 Å². The molecule has 1 aliphatic heterocycles. The summed E-state index contributed by atoms with van der Waals surface area (Å²) in [5.74, 6) is -0.00646. The van der Waals surface area contributed by atoms with Crippen molar-refractivity contribution >= 4 is 23.0 Å². The van der Waals surface area contributed by atoms with Crippen molar-refractivity contribution in [2.24, 2.45) is 0 Å². The lowest BCUT2D eigenvalue weighted by atomic mass is 10.1. The van der Waals surface area contributed by atoms with Crippen LogP contribution >= 0.6 is 0 Å². The van der Waals surface area contributed by atoms with Crippen LogP contribution in [0.4, 0.5) is 17.1 Å². The van der Waals surface area contributed by atoms with Crippen molar-refractivity contribution in [3.63, 3.8) is 0 Å². The van der Waals surface area contributed by atoms with Gasteiger partial charge in [0.25, 0.3) is 11.6 Å². The summed E-state index contributed by atoms with van der Waals surface area (Å²) in [5, 5.41) is 14.9. The Morgan fingerprint density at radius 1 is 0.903 bits per heavy atom. The van der Waals surface area contributed by atoms with Crippen molar-refractivity contribution in [2.45, 2.75) is 6.54 Å². The Morgan fingerprint density at radius 2 is 1.55 bits per heavy atom. The number of hydrogen-bond acceptors (Lipinski definition) is 5. The maximum absolute atomic E-state index is 12.7. The average Bonchev–Trinajstić information content (AvgIpc) is 2.83. The Kier molecular flexibility index (Phi) is 6.12. The first-order valence-electron chi connectivity index (χ1n) is 10.3. The predicted molar refractivity (Wildman–Crippen MR) is 121 cm³/mol. The highest BCUT2D eigenvalue weighted by atomic mass is 16.6. The number of nitro benzene ring substituents is 1. The minimum Gasteiger partial charge on any atom is -0.381 e. The van der Waals surface area contributed by atoms with Crippen LogP contribution in [-0.4, -0.2) is 41.9 Å². The molecule has 0 radical (unpaired) electrons. The molecule has 4 rings (SSSR count). The number of nitrogens with one attached hydrogen (secondary N) is 1. The minimum atomic E-state index is -0.349. The molecule has 0 aliphatic carbocycles. The van der Waals surface area contributed by atoms with Crippen LogP contribution in [0.2, 0.25) is 0 Å². The van der Waals surface area contributed by atoms with Gasteiger partial charge in [-0.1, -0.05) is 48.5 Å². The van der Waals surface area contributed by atoms with Crippen molar-refractivity contribution in [1.82, 2.24) is 4.90 Å². The summed E-state index contributed by atoms with van der Waals surface area (Å²) in [4.78, 5) is 27.7. The Morgan fingerprint density at radius 3 is 2.19 bits per heavy atom. The molecule has 158 valence electrons. The zero-order valence-corrected chi connectivity index (χ0v) is 17.1. The second-order valence-electron chi connectivity index (χ2n) is 7.45. The lowest BCUT2D eigenvalue weighted by Crippen LogP contribution is -2.49. The van der Waals surface area contributed by atoms with Gasteiger partial charge in [-0.2, -0.15) is 0 Å². The van der Waals surface area contributed by atoms with Crippen molar-refractivity contribution in [2.75, 3.05) is 36.4 Å². The van der Waals surface area contributed by atoms with Crippen LogP contribution in [0.5, 0.6) is 0 Å². The van der Waals surface area contributed by atoms with E-state index in [4.69, 9.17) is 0 Å². The largest absolute Gasteiger partial charge is 0.381 e. The molecule has 0 unspecified atom stereocenters. The lowest BCUT2D eigenvalue weighted by molar-refractivity contribution is -0.384. The molecule has 1 amide bonds. The number of nitro groups is 1. The van der Waals surface area contributed by atoms with Crippen LogP contribution in [0.3, 0.4) is 0 Å². The Hall–Kier alpha value is -3.87. The van der Waals surface area contributed by atoms with Gasteiger partial charge in [0.1, 0.15) is 5.69 Å². The van der Waals surface area contributed by atoms with E-state index in [9.17, 15) is 14.9 Å². The number of rotatable bonds is 6. The van der Waals surface area contributed by atoms with E-state index in [1.54, 1.807) is 29.2 Å². The molecule has 7 heteroatoms. The summed E-state index contributed by atoms with van der Waals surface area (Å²) in [6.45, 7) is 2.76. The quantitative estimate of drug-likeness (QED) is 0.482. The Bertz CT molecular complexity index is 1050. The standard InChI is InChI=1S/C24H24N4O3/c29-24(20-9-5-2-6-10-20)27-15-13-26(14-16-27)23-17-21(11-12-22(23)28(30)31)25-18-19-7-3-1-4-8-19/h1-12,17,25H,13-16,18H2. The number of carbonyl (C=O) groups is 1. The number of benzene rings is 3. The molecule has 0 aromatic heterocycles. The third kappa shape index (κ3) is 4.83. The van der Waals surface area contributed by atoms with E-state index in [1.807, 2.05) is 59.5 Å². The molecule has 0 saturated carbocycles. The summed E-state index contributed by atoms with van der Waals surface area (Å²) >= 11 is 0. The molecule has 0 atom stereocenters. The number of anilines is 2. The number of hydrogen-bond donors (Lipinski definition) is 1. The van der Waals surface area contributed by atoms with E-state index in [0.717, 1.165) is 11.3 Å². The third-order valence-electron chi connectivity index (χ3n) is 5.44. The molecule has 1 heterocycles. The second-order valence-corrected chi connectivity index (χ2v) is 7.45. The van der Waals surface area contributed by atoms with Crippen molar-refractivity contribution in [3.05, 3.63) is 100 Å². The monoisotopic (exact) mass is 416 g/mol. The first-order valence-corrected chi connectivity index (χ1v) is 10.3. The fourth-order valence-corrected chi connectivity index (χ4v) is 3.75. The lowest BCUT2D eigenvalue weighted by Gasteiger charge is -2.36. The normalized spacial score (nSPS) is 13.7. The smallest absolute Gasteiger partial charge is 0.292 e. The summed E-state index contributed by atoms with van der Waals surface area (Å²) in [5.41, 5.74) is 3.28. The number of piperazine rings is 1. The zero-order chi connectivity index (χ0) is 21.6. The maximum atomic E-state index is 12.7. The minimum absolute atomic E-state index is 0.00646. The highest BCUT2D eigenvalue weighted by Gasteiger charge is 2.26. The second kappa shape index (κ2) is 9.30. The molecular formula is C24H24N4O3. The van der Waals surface area contributed by atoms with Crippen LogP contribution in [0.25, 0.3) is 0 Å². The van der Waals surface area contributed by atoms with Crippen LogP contribution in [-0.2, 0) is 6.54 Å². The van der Waals surface area contributed by atoms with Gasteiger partial charge in [-0.15, -0.1) is 0 Å². The summed E-state index contributed by atoms with van der Waals surface area (Å²) in [6, 6.07) is 24.3. The number of nitrogens with zero attached hydrogens (tertiary/aromatic N) is 3. The maximum Gasteiger partial charge on any atom is 0.292 e. The van der Waals surface area contributed by atoms with Gasteiger partial charge in [-0.25, -0.2) is 0 Å². The molecule has 31 heavy (non-hydrogen) atoms. The van der Waals surface area contributed by atoms with Gasteiger partial charge in [0.2, 0.25) is 0 Å². The van der Waals surface area contributed by atoms with Gasteiger partial charge in [0, 0.05) is 50.0 Å². The molecule has 1 aliphatic rings. The number of amides is 1. The molecule has 7 nitrogen and oxygen atoms in total. The van der Waals surface area contributed by atoms with E-state index in [0.29, 0.717) is 44.0 Å². The van der Waals surface area contributed by atoms with E-state index >= 15 is 0 Å². The molecular weight excluding hydrogens is 392 g/mol. The Balaban J connectivity index is 1.46. The molecule has 0 spiro atoms.